The van der Waals surface area contributed by atoms with Crippen molar-refractivity contribution in [2.24, 2.45) is 0 Å². The zero-order valence-corrected chi connectivity index (χ0v) is 8.82. The minimum Gasteiger partial charge on any atom is -0.302 e. The first-order chi connectivity index (χ1) is 7.15. The molecule has 1 rings (SSSR count). The Balaban J connectivity index is 2.74. The predicted molar refractivity (Wildman–Crippen MR) is 56.3 cm³/mol. The summed E-state index contributed by atoms with van der Waals surface area (Å²) in [4.78, 5) is 15.2. The lowest BCUT2D eigenvalue weighted by atomic mass is 10.1. The Hall–Kier alpha value is -1.46. The van der Waals surface area contributed by atoms with Crippen molar-refractivity contribution in [2.75, 3.05) is 6.61 Å². The van der Waals surface area contributed by atoms with Crippen molar-refractivity contribution < 1.29 is 9.76 Å². The summed E-state index contributed by atoms with van der Waals surface area (Å²) < 4.78 is 0. The van der Waals surface area contributed by atoms with Gasteiger partial charge in [-0.15, -0.1) is 0 Å². The van der Waals surface area contributed by atoms with Crippen LogP contribution in [-0.4, -0.2) is 11.5 Å². The van der Waals surface area contributed by atoms with Crippen LogP contribution >= 0.6 is 0 Å². The van der Waals surface area contributed by atoms with Gasteiger partial charge in [0.15, 0.2) is 0 Å². The molecule has 0 saturated carbocycles. The fraction of sp³-hybridized carbons (Fsp3) is 0.400. The molecule has 0 atom stereocenters. The van der Waals surface area contributed by atoms with Crippen LogP contribution in [0, 0.1) is 17.0 Å². The molecule has 0 unspecified atom stereocenters. The maximum atomic E-state index is 10.7. The molecule has 0 heterocycles. The minimum atomic E-state index is -0.375. The Labute approximate surface area is 88.2 Å². The largest absolute Gasteiger partial charge is 0.302 e. The summed E-state index contributed by atoms with van der Waals surface area (Å²) in [5, 5.41) is 10.7. The van der Waals surface area contributed by atoms with Crippen molar-refractivity contribution >= 4 is 5.69 Å². The van der Waals surface area contributed by atoms with Crippen molar-refractivity contribution in [3.63, 3.8) is 0 Å². The highest BCUT2D eigenvalue weighted by atomic mass is 16.6. The molecule has 0 aliphatic heterocycles. The third-order valence-corrected chi connectivity index (χ3v) is 1.99. The van der Waals surface area contributed by atoms with E-state index in [9.17, 15) is 10.1 Å². The second kappa shape index (κ2) is 5.43. The molecule has 0 radical (unpaired) electrons. The second-order valence-electron chi connectivity index (χ2n) is 3.13. The van der Waals surface area contributed by atoms with Gasteiger partial charge in [0, 0.05) is 18.2 Å². The van der Waals surface area contributed by atoms with E-state index in [-0.39, 0.29) is 10.6 Å². The molecule has 1 aromatic carbocycles. The van der Waals surface area contributed by atoms with Gasteiger partial charge < -0.3 is 4.84 Å². The average Bonchev–Trinajstić information content (AvgIpc) is 2.20. The number of nitrogens with zero attached hydrogens (tertiary/aromatic N) is 1. The van der Waals surface area contributed by atoms with E-state index in [4.69, 9.17) is 4.84 Å². The average molecular weight is 210 g/mol. The number of benzene rings is 1. The monoisotopic (exact) mass is 210 g/mol. The Kier molecular flexibility index (Phi) is 4.20. The number of nitrogens with one attached hydrogen (secondary N) is 1. The van der Waals surface area contributed by atoms with Gasteiger partial charge in [0.1, 0.15) is 0 Å². The minimum absolute atomic E-state index is 0.144. The summed E-state index contributed by atoms with van der Waals surface area (Å²) in [6.07, 6.45) is 0. The third-order valence-electron chi connectivity index (χ3n) is 1.99. The summed E-state index contributed by atoms with van der Waals surface area (Å²) >= 11 is 0. The van der Waals surface area contributed by atoms with Crippen LogP contribution in [0.2, 0.25) is 0 Å². The molecule has 0 aliphatic carbocycles. The van der Waals surface area contributed by atoms with Gasteiger partial charge in [0.2, 0.25) is 0 Å². The van der Waals surface area contributed by atoms with Gasteiger partial charge in [-0.25, -0.2) is 0 Å². The lowest BCUT2D eigenvalue weighted by Gasteiger charge is -2.04. The molecule has 0 spiro atoms. The van der Waals surface area contributed by atoms with E-state index in [1.807, 2.05) is 13.0 Å². The summed E-state index contributed by atoms with van der Waals surface area (Å²) in [5.41, 5.74) is 4.36. The quantitative estimate of drug-likeness (QED) is 0.458. The number of hydroxylamine groups is 1. The summed E-state index contributed by atoms with van der Waals surface area (Å²) in [5.74, 6) is 0. The highest BCUT2D eigenvalue weighted by molar-refractivity contribution is 5.42. The number of nitro benzene ring substituents is 1. The Morgan fingerprint density at radius 2 is 2.27 bits per heavy atom. The topological polar surface area (TPSA) is 64.4 Å². The van der Waals surface area contributed by atoms with Gasteiger partial charge in [-0.2, -0.15) is 5.48 Å². The first-order valence-electron chi connectivity index (χ1n) is 4.73. The summed E-state index contributed by atoms with van der Waals surface area (Å²) in [6.45, 7) is 4.62. The number of nitro groups is 1. The van der Waals surface area contributed by atoms with Crippen LogP contribution in [0.1, 0.15) is 18.1 Å². The van der Waals surface area contributed by atoms with Crippen molar-refractivity contribution in [3.05, 3.63) is 39.4 Å². The van der Waals surface area contributed by atoms with E-state index >= 15 is 0 Å². The molecule has 5 heteroatoms. The molecular formula is C10H14N2O3. The van der Waals surface area contributed by atoms with E-state index in [0.717, 1.165) is 5.56 Å². The van der Waals surface area contributed by atoms with Crippen LogP contribution in [0.5, 0.6) is 0 Å². The highest BCUT2D eigenvalue weighted by Gasteiger charge is 2.10. The molecule has 0 saturated heterocycles. The van der Waals surface area contributed by atoms with Gasteiger partial charge in [-0.05, 0) is 19.4 Å². The third kappa shape index (κ3) is 3.30. The number of hydrogen-bond donors (Lipinski definition) is 1. The van der Waals surface area contributed by atoms with Crippen LogP contribution < -0.4 is 5.48 Å². The first-order valence-corrected chi connectivity index (χ1v) is 4.73. The van der Waals surface area contributed by atoms with Gasteiger partial charge >= 0.3 is 0 Å². The van der Waals surface area contributed by atoms with Crippen LogP contribution in [-0.2, 0) is 11.4 Å². The Morgan fingerprint density at radius 3 is 2.87 bits per heavy atom. The molecule has 1 aromatic rings. The van der Waals surface area contributed by atoms with Crippen molar-refractivity contribution in [3.8, 4) is 0 Å². The van der Waals surface area contributed by atoms with Gasteiger partial charge in [-0.1, -0.05) is 12.1 Å². The molecule has 82 valence electrons. The van der Waals surface area contributed by atoms with Gasteiger partial charge in [-0.3, -0.25) is 10.1 Å². The molecule has 0 fully saturated rings. The maximum Gasteiger partial charge on any atom is 0.272 e. The van der Waals surface area contributed by atoms with E-state index in [2.05, 4.69) is 5.48 Å². The zero-order valence-electron chi connectivity index (χ0n) is 8.82. The molecule has 0 aromatic heterocycles. The van der Waals surface area contributed by atoms with Gasteiger partial charge in [0.05, 0.1) is 11.5 Å². The number of aryl methyl sites for hydroxylation is 1. The van der Waals surface area contributed by atoms with E-state index in [1.54, 1.807) is 19.1 Å². The van der Waals surface area contributed by atoms with Crippen molar-refractivity contribution in [1.29, 1.82) is 0 Å². The van der Waals surface area contributed by atoms with Crippen LogP contribution in [0.25, 0.3) is 0 Å². The van der Waals surface area contributed by atoms with E-state index in [0.29, 0.717) is 18.7 Å². The molecule has 0 aliphatic rings. The van der Waals surface area contributed by atoms with E-state index < -0.39 is 0 Å². The molecule has 15 heavy (non-hydrogen) atoms. The van der Waals surface area contributed by atoms with Gasteiger partial charge in [0.25, 0.3) is 5.69 Å². The summed E-state index contributed by atoms with van der Waals surface area (Å²) in [6, 6.07) is 5.14. The SMILES string of the molecule is CCONCc1ccc(C)c([N+](=O)[O-])c1. The van der Waals surface area contributed by atoms with E-state index in [1.165, 1.54) is 0 Å². The van der Waals surface area contributed by atoms with Crippen molar-refractivity contribution in [2.45, 2.75) is 20.4 Å². The standard InChI is InChI=1S/C10H14N2O3/c1-3-15-11-7-9-5-4-8(2)10(6-9)12(13)14/h4-6,11H,3,7H2,1-2H3. The predicted octanol–water partition coefficient (Wildman–Crippen LogP) is 1.94. The molecule has 0 amide bonds. The van der Waals surface area contributed by atoms with Crippen LogP contribution in [0.15, 0.2) is 18.2 Å². The normalized spacial score (nSPS) is 10.3. The fourth-order valence-corrected chi connectivity index (χ4v) is 1.20. The van der Waals surface area contributed by atoms with Crippen LogP contribution in [0.4, 0.5) is 5.69 Å². The molecule has 0 bridgehead atoms. The Bertz CT molecular complexity index is 353. The smallest absolute Gasteiger partial charge is 0.272 e. The zero-order chi connectivity index (χ0) is 11.3. The highest BCUT2D eigenvalue weighted by Crippen LogP contribution is 2.18. The molecule has 1 N–H and O–H groups in total. The first kappa shape index (κ1) is 11.6. The number of rotatable bonds is 5. The second-order valence-corrected chi connectivity index (χ2v) is 3.13. The summed E-state index contributed by atoms with van der Waals surface area (Å²) in [7, 11) is 0. The lowest BCUT2D eigenvalue weighted by Crippen LogP contribution is -2.13. The lowest BCUT2D eigenvalue weighted by molar-refractivity contribution is -0.385. The van der Waals surface area contributed by atoms with Crippen molar-refractivity contribution in [1.82, 2.24) is 5.48 Å². The fourth-order valence-electron chi connectivity index (χ4n) is 1.20. The maximum absolute atomic E-state index is 10.7. The Morgan fingerprint density at radius 1 is 1.53 bits per heavy atom. The number of hydrogen-bond acceptors (Lipinski definition) is 4. The van der Waals surface area contributed by atoms with Crippen LogP contribution in [0.3, 0.4) is 0 Å². The molecule has 5 nitrogen and oxygen atoms in total. The molecular weight excluding hydrogens is 196 g/mol.